The van der Waals surface area contributed by atoms with Crippen molar-refractivity contribution in [2.24, 2.45) is 0 Å². The van der Waals surface area contributed by atoms with Gasteiger partial charge in [-0.15, -0.1) is 0 Å². The Morgan fingerprint density at radius 2 is 1.91 bits per heavy atom. The molecule has 0 aromatic heterocycles. The molecule has 0 spiro atoms. The number of nitrogens with zero attached hydrogens (tertiary/aromatic N) is 1. The Hall–Kier alpha value is -2.22. The molecule has 2 unspecified atom stereocenters. The van der Waals surface area contributed by atoms with Gasteiger partial charge < -0.3 is 20.0 Å². The second kappa shape index (κ2) is 10.4. The minimum Gasteiger partial charge on any atom is -0.417 e. The van der Waals surface area contributed by atoms with Crippen molar-refractivity contribution in [3.8, 4) is 0 Å². The largest absolute Gasteiger partial charge is 0.417 e. The van der Waals surface area contributed by atoms with Crippen LogP contribution in [-0.4, -0.2) is 63.9 Å². The van der Waals surface area contributed by atoms with Crippen LogP contribution in [-0.2, 0) is 20.4 Å². The molecule has 0 radical (unpaired) electrons. The molecule has 3 rings (SSSR count). The molecule has 1 saturated heterocycles. The zero-order valence-corrected chi connectivity index (χ0v) is 21.9. The van der Waals surface area contributed by atoms with Crippen LogP contribution in [0.2, 0.25) is 18.1 Å². The van der Waals surface area contributed by atoms with Crippen molar-refractivity contribution >= 4 is 30.9 Å². The molecule has 1 fully saturated rings. The topological polar surface area (TPSA) is 70.7 Å². The van der Waals surface area contributed by atoms with Gasteiger partial charge in [0, 0.05) is 33.2 Å². The maximum atomic E-state index is 13.4. The van der Waals surface area contributed by atoms with Gasteiger partial charge in [0.1, 0.15) is 6.04 Å². The van der Waals surface area contributed by atoms with Crippen molar-refractivity contribution in [1.82, 2.24) is 15.5 Å². The van der Waals surface area contributed by atoms with Crippen LogP contribution >= 0.6 is 0 Å². The average Bonchev–Trinajstić information content (AvgIpc) is 2.77. The molecule has 7 heteroatoms. The Labute approximate surface area is 199 Å². The Morgan fingerprint density at radius 1 is 1.21 bits per heavy atom. The molecule has 2 atom stereocenters. The maximum absolute atomic E-state index is 13.4. The van der Waals surface area contributed by atoms with E-state index >= 15 is 0 Å². The molecule has 180 valence electrons. The van der Waals surface area contributed by atoms with Gasteiger partial charge in [-0.25, -0.2) is 0 Å². The van der Waals surface area contributed by atoms with Crippen molar-refractivity contribution in [2.45, 2.75) is 63.8 Å². The summed E-state index contributed by atoms with van der Waals surface area (Å²) < 4.78 is 6.29. The Kier molecular flexibility index (Phi) is 7.98. The Bertz CT molecular complexity index is 986. The lowest BCUT2D eigenvalue weighted by molar-refractivity contribution is -0.144. The molecule has 1 aliphatic heterocycles. The van der Waals surface area contributed by atoms with Gasteiger partial charge in [0.15, 0.2) is 8.32 Å². The van der Waals surface area contributed by atoms with Crippen LogP contribution in [0.15, 0.2) is 42.5 Å². The summed E-state index contributed by atoms with van der Waals surface area (Å²) in [6, 6.07) is 13.6. The van der Waals surface area contributed by atoms with Gasteiger partial charge in [0.05, 0.1) is 6.04 Å². The van der Waals surface area contributed by atoms with E-state index in [4.69, 9.17) is 4.43 Å². The number of hydrogen-bond acceptors (Lipinski definition) is 4. The highest BCUT2D eigenvalue weighted by Crippen LogP contribution is 2.36. The lowest BCUT2D eigenvalue weighted by Crippen LogP contribution is -2.61. The van der Waals surface area contributed by atoms with Crippen LogP contribution in [0.1, 0.15) is 32.8 Å². The molecule has 2 N–H and O–H groups in total. The van der Waals surface area contributed by atoms with E-state index < -0.39 is 14.4 Å². The van der Waals surface area contributed by atoms with Gasteiger partial charge >= 0.3 is 0 Å². The lowest BCUT2D eigenvalue weighted by Gasteiger charge is -2.39. The fourth-order valence-corrected chi connectivity index (χ4v) is 5.10. The third-order valence-corrected chi connectivity index (χ3v) is 11.7. The highest BCUT2D eigenvalue weighted by atomic mass is 28.4. The zero-order chi connectivity index (χ0) is 24.2. The fourth-order valence-electron chi connectivity index (χ4n) is 4.04. The summed E-state index contributed by atoms with van der Waals surface area (Å²) in [6.45, 7) is 12.8. The molecule has 0 aliphatic carbocycles. The number of benzene rings is 2. The average molecular weight is 470 g/mol. The second-order valence-electron chi connectivity index (χ2n) is 10.5. The number of likely N-dealkylation sites (N-methyl/N-ethyl adjacent to an activating group) is 1. The summed E-state index contributed by atoms with van der Waals surface area (Å²) in [5, 5.41) is 8.53. The summed E-state index contributed by atoms with van der Waals surface area (Å²) in [7, 11) is -0.232. The first-order valence-electron chi connectivity index (χ1n) is 11.9. The standard InChI is InChI=1S/C26H39N3O3Si/c1-26(2,3)33(5,6)32-16-13-22-25(31)29(15-14-28-22)23(24(30)27-4)18-19-11-12-20-9-7-8-10-21(20)17-19/h7-12,17,22-23,28H,13-16,18H2,1-6H3,(H,27,30). The van der Waals surface area contributed by atoms with Crippen LogP contribution in [0.4, 0.5) is 0 Å². The SMILES string of the molecule is CNC(=O)C(Cc1ccc2ccccc2c1)N1CCNC(CCO[Si](C)(C)C(C)(C)C)C1=O. The number of carbonyl (C=O) groups is 2. The normalized spacial score (nSPS) is 18.4. The molecule has 0 bridgehead atoms. The number of nitrogens with one attached hydrogen (secondary N) is 2. The van der Waals surface area contributed by atoms with Gasteiger partial charge in [0.25, 0.3) is 0 Å². The number of rotatable bonds is 8. The first kappa shape index (κ1) is 25.4. The summed E-state index contributed by atoms with van der Waals surface area (Å²) in [6.07, 6.45) is 1.10. The predicted octanol–water partition coefficient (Wildman–Crippen LogP) is 3.71. The number of hydrogen-bond donors (Lipinski definition) is 2. The molecule has 1 aliphatic rings. The van der Waals surface area contributed by atoms with E-state index in [9.17, 15) is 9.59 Å². The van der Waals surface area contributed by atoms with Crippen molar-refractivity contribution < 1.29 is 14.0 Å². The minimum absolute atomic E-state index is 0.0190. The summed E-state index contributed by atoms with van der Waals surface area (Å²) in [5.74, 6) is -0.149. The third-order valence-electron chi connectivity index (χ3n) is 7.17. The monoisotopic (exact) mass is 469 g/mol. The molecule has 2 aromatic carbocycles. The van der Waals surface area contributed by atoms with E-state index in [1.54, 1.807) is 11.9 Å². The van der Waals surface area contributed by atoms with Gasteiger partial charge in [-0.05, 0) is 40.9 Å². The number of piperazine rings is 1. The minimum atomic E-state index is -1.86. The molecule has 6 nitrogen and oxygen atoms in total. The predicted molar refractivity (Wildman–Crippen MR) is 137 cm³/mol. The van der Waals surface area contributed by atoms with E-state index in [-0.39, 0.29) is 22.9 Å². The molecule has 33 heavy (non-hydrogen) atoms. The Morgan fingerprint density at radius 3 is 2.58 bits per heavy atom. The highest BCUT2D eigenvalue weighted by molar-refractivity contribution is 6.74. The van der Waals surface area contributed by atoms with Gasteiger partial charge in [-0.2, -0.15) is 0 Å². The van der Waals surface area contributed by atoms with E-state index in [0.717, 1.165) is 16.3 Å². The molecule has 2 aromatic rings. The molecular formula is C26H39N3O3Si. The molecular weight excluding hydrogens is 430 g/mol. The van der Waals surface area contributed by atoms with Crippen molar-refractivity contribution in [3.63, 3.8) is 0 Å². The van der Waals surface area contributed by atoms with E-state index in [1.807, 2.05) is 12.1 Å². The molecule has 0 saturated carbocycles. The fraction of sp³-hybridized carbons (Fsp3) is 0.538. The van der Waals surface area contributed by atoms with Gasteiger partial charge in [-0.1, -0.05) is 63.2 Å². The molecule has 1 heterocycles. The van der Waals surface area contributed by atoms with E-state index in [2.05, 4.69) is 74.8 Å². The first-order chi connectivity index (χ1) is 15.5. The first-order valence-corrected chi connectivity index (χ1v) is 14.8. The van der Waals surface area contributed by atoms with Crippen LogP contribution in [0.5, 0.6) is 0 Å². The summed E-state index contributed by atoms with van der Waals surface area (Å²) in [4.78, 5) is 28.0. The molecule has 2 amide bonds. The van der Waals surface area contributed by atoms with Gasteiger partial charge in [-0.3, -0.25) is 9.59 Å². The van der Waals surface area contributed by atoms with Gasteiger partial charge in [0.2, 0.25) is 11.8 Å². The highest BCUT2D eigenvalue weighted by Gasteiger charge is 2.39. The summed E-state index contributed by atoms with van der Waals surface area (Å²) in [5.41, 5.74) is 1.05. The van der Waals surface area contributed by atoms with Crippen molar-refractivity contribution in [2.75, 3.05) is 26.7 Å². The van der Waals surface area contributed by atoms with E-state index in [0.29, 0.717) is 32.5 Å². The lowest BCUT2D eigenvalue weighted by atomic mass is 9.98. The van der Waals surface area contributed by atoms with Crippen LogP contribution in [0, 0.1) is 0 Å². The van der Waals surface area contributed by atoms with E-state index in [1.165, 1.54) is 0 Å². The maximum Gasteiger partial charge on any atom is 0.242 e. The number of carbonyl (C=O) groups excluding carboxylic acids is 2. The number of amides is 2. The quantitative estimate of drug-likeness (QED) is 0.578. The zero-order valence-electron chi connectivity index (χ0n) is 20.9. The van der Waals surface area contributed by atoms with Crippen LogP contribution in [0.25, 0.3) is 10.8 Å². The smallest absolute Gasteiger partial charge is 0.242 e. The second-order valence-corrected chi connectivity index (χ2v) is 15.3. The van der Waals surface area contributed by atoms with Crippen molar-refractivity contribution in [1.29, 1.82) is 0 Å². The summed E-state index contributed by atoms with van der Waals surface area (Å²) >= 11 is 0. The van der Waals surface area contributed by atoms with Crippen molar-refractivity contribution in [3.05, 3.63) is 48.0 Å². The Balaban J connectivity index is 1.71. The third kappa shape index (κ3) is 6.02. The van der Waals surface area contributed by atoms with Crippen LogP contribution in [0.3, 0.4) is 0 Å². The van der Waals surface area contributed by atoms with Crippen LogP contribution < -0.4 is 10.6 Å². The number of fused-ring (bicyclic) bond motifs is 1.